The minimum absolute atomic E-state index is 0.0241. The fourth-order valence-corrected chi connectivity index (χ4v) is 5.87. The Hall–Kier alpha value is -2.71. The standard InChI is InChI=1S/C19H22F3N7O3S/c20-12-5-15(14-7-27(10-24-14)9-18(21)22)29-16(12)6-23-19(26-29)25-13-3-4-28(8-17(13)30)33(31,32)11-1-2-11/h5-7,10-11,13,17-18,30H,1-4,8-9H2,(H,25,26)/t13-,17-/m1/s1. The molecule has 3 aromatic heterocycles. The molecule has 33 heavy (non-hydrogen) atoms. The number of imidazole rings is 1. The number of aromatic nitrogens is 5. The molecular formula is C19H22F3N7O3S. The highest BCUT2D eigenvalue weighted by Gasteiger charge is 2.43. The molecule has 2 N–H and O–H groups in total. The third-order valence-electron chi connectivity index (χ3n) is 5.88. The van der Waals surface area contributed by atoms with Crippen LogP contribution in [0.25, 0.3) is 16.9 Å². The Balaban J connectivity index is 1.35. The summed E-state index contributed by atoms with van der Waals surface area (Å²) in [4.78, 5) is 8.17. The van der Waals surface area contributed by atoms with Gasteiger partial charge in [0.1, 0.15) is 11.2 Å². The zero-order valence-corrected chi connectivity index (χ0v) is 18.2. The molecule has 10 nitrogen and oxygen atoms in total. The molecule has 2 aliphatic rings. The summed E-state index contributed by atoms with van der Waals surface area (Å²) in [5.41, 5.74) is 0.592. The molecule has 1 aliphatic carbocycles. The summed E-state index contributed by atoms with van der Waals surface area (Å²) in [6.07, 6.45) is 2.01. The molecule has 0 unspecified atom stereocenters. The fraction of sp³-hybridized carbons (Fsp3) is 0.526. The van der Waals surface area contributed by atoms with Gasteiger partial charge in [-0.15, -0.1) is 5.10 Å². The zero-order chi connectivity index (χ0) is 23.3. The second-order valence-corrected chi connectivity index (χ2v) is 10.5. The van der Waals surface area contributed by atoms with Crippen molar-refractivity contribution in [2.24, 2.45) is 0 Å². The molecule has 14 heteroatoms. The van der Waals surface area contributed by atoms with Gasteiger partial charge in [0.25, 0.3) is 6.43 Å². The van der Waals surface area contributed by atoms with Gasteiger partial charge in [0.05, 0.1) is 42.2 Å². The SMILES string of the molecule is O=S(=O)(C1CC1)N1CC[C@@H](Nc2ncc3c(F)cc(-c4cn(CC(F)F)cn4)n3n2)[C@H](O)C1. The van der Waals surface area contributed by atoms with Gasteiger partial charge in [-0.05, 0) is 19.3 Å². The van der Waals surface area contributed by atoms with Gasteiger partial charge in [0.15, 0.2) is 5.82 Å². The number of sulfonamides is 1. The molecule has 1 aliphatic heterocycles. The first-order valence-electron chi connectivity index (χ1n) is 10.5. The number of alkyl halides is 2. The number of nitrogens with one attached hydrogen (secondary N) is 1. The first-order valence-corrected chi connectivity index (χ1v) is 12.0. The number of fused-ring (bicyclic) bond motifs is 1. The Kier molecular flexibility index (Phi) is 5.53. The van der Waals surface area contributed by atoms with Crippen molar-refractivity contribution in [2.75, 3.05) is 18.4 Å². The minimum Gasteiger partial charge on any atom is -0.390 e. The van der Waals surface area contributed by atoms with Crippen LogP contribution in [0.15, 0.2) is 24.8 Å². The predicted molar refractivity (Wildman–Crippen MR) is 112 cm³/mol. The lowest BCUT2D eigenvalue weighted by molar-refractivity contribution is 0.0946. The summed E-state index contributed by atoms with van der Waals surface area (Å²) in [6.45, 7) is -0.294. The number of aliphatic hydroxyl groups excluding tert-OH is 1. The Morgan fingerprint density at radius 2 is 2.03 bits per heavy atom. The number of piperidine rings is 1. The van der Waals surface area contributed by atoms with E-state index >= 15 is 0 Å². The summed E-state index contributed by atoms with van der Waals surface area (Å²) in [5.74, 6) is -0.493. The molecule has 0 radical (unpaired) electrons. The lowest BCUT2D eigenvalue weighted by Gasteiger charge is -2.35. The first kappa shape index (κ1) is 22.1. The zero-order valence-electron chi connectivity index (χ0n) is 17.4. The Morgan fingerprint density at radius 3 is 2.73 bits per heavy atom. The lowest BCUT2D eigenvalue weighted by Crippen LogP contribution is -2.52. The van der Waals surface area contributed by atoms with Gasteiger partial charge in [-0.2, -0.15) is 4.31 Å². The van der Waals surface area contributed by atoms with Crippen LogP contribution in [0, 0.1) is 5.82 Å². The summed E-state index contributed by atoms with van der Waals surface area (Å²) in [7, 11) is -3.37. The van der Waals surface area contributed by atoms with Crippen molar-refractivity contribution in [3.05, 3.63) is 30.6 Å². The van der Waals surface area contributed by atoms with Crippen molar-refractivity contribution in [3.63, 3.8) is 0 Å². The van der Waals surface area contributed by atoms with Crippen LogP contribution in [0.4, 0.5) is 19.1 Å². The summed E-state index contributed by atoms with van der Waals surface area (Å²) >= 11 is 0. The number of hydrogen-bond donors (Lipinski definition) is 2. The van der Waals surface area contributed by atoms with Crippen molar-refractivity contribution in [1.29, 1.82) is 0 Å². The Labute approximate surface area is 187 Å². The van der Waals surface area contributed by atoms with E-state index in [4.69, 9.17) is 0 Å². The summed E-state index contributed by atoms with van der Waals surface area (Å²) < 4.78 is 68.3. The van der Waals surface area contributed by atoms with Crippen molar-refractivity contribution in [3.8, 4) is 11.4 Å². The number of rotatable bonds is 7. The lowest BCUT2D eigenvalue weighted by atomic mass is 10.0. The molecule has 1 saturated heterocycles. The largest absolute Gasteiger partial charge is 0.390 e. The molecule has 0 spiro atoms. The van der Waals surface area contributed by atoms with Gasteiger partial charge in [0, 0.05) is 25.4 Å². The van der Waals surface area contributed by atoms with Crippen LogP contribution in [-0.2, 0) is 16.6 Å². The smallest absolute Gasteiger partial charge is 0.256 e. The summed E-state index contributed by atoms with van der Waals surface area (Å²) in [6, 6.07) is 0.695. The maximum Gasteiger partial charge on any atom is 0.256 e. The highest BCUT2D eigenvalue weighted by molar-refractivity contribution is 7.90. The topological polar surface area (TPSA) is 118 Å². The molecular weight excluding hydrogens is 463 g/mol. The Bertz CT molecular complexity index is 1270. The molecule has 1 saturated carbocycles. The van der Waals surface area contributed by atoms with Crippen LogP contribution < -0.4 is 5.32 Å². The van der Waals surface area contributed by atoms with Crippen LogP contribution in [0.1, 0.15) is 19.3 Å². The van der Waals surface area contributed by atoms with Crippen LogP contribution in [0.5, 0.6) is 0 Å². The van der Waals surface area contributed by atoms with Crippen LogP contribution in [-0.4, -0.2) is 78.9 Å². The number of nitrogens with zero attached hydrogens (tertiary/aromatic N) is 6. The van der Waals surface area contributed by atoms with E-state index in [0.717, 1.165) is 0 Å². The van der Waals surface area contributed by atoms with E-state index in [2.05, 4.69) is 20.4 Å². The van der Waals surface area contributed by atoms with E-state index in [1.165, 1.54) is 38.2 Å². The van der Waals surface area contributed by atoms with Gasteiger partial charge in [-0.3, -0.25) is 0 Å². The molecule has 4 heterocycles. The van der Waals surface area contributed by atoms with Gasteiger partial charge in [0.2, 0.25) is 16.0 Å². The molecule has 178 valence electrons. The Morgan fingerprint density at radius 1 is 1.24 bits per heavy atom. The second kappa shape index (κ2) is 8.25. The fourth-order valence-electron chi connectivity index (χ4n) is 4.00. The molecule has 3 aromatic rings. The molecule has 0 amide bonds. The number of hydrogen-bond acceptors (Lipinski definition) is 7. The van der Waals surface area contributed by atoms with E-state index < -0.39 is 41.0 Å². The third-order valence-corrected chi connectivity index (χ3v) is 8.24. The van der Waals surface area contributed by atoms with E-state index in [-0.39, 0.29) is 41.2 Å². The molecule has 2 atom stereocenters. The minimum atomic E-state index is -3.37. The van der Waals surface area contributed by atoms with Crippen LogP contribution in [0.3, 0.4) is 0 Å². The monoisotopic (exact) mass is 485 g/mol. The highest BCUT2D eigenvalue weighted by Crippen LogP contribution is 2.32. The number of β-amino-alcohol motifs (C(OH)–C–C–N with tert-alkyl or cyclic N) is 1. The number of aliphatic hydroxyl groups is 1. The predicted octanol–water partition coefficient (Wildman–Crippen LogP) is 1.34. The summed E-state index contributed by atoms with van der Waals surface area (Å²) in [5, 5.41) is 17.5. The van der Waals surface area contributed by atoms with Crippen LogP contribution in [0.2, 0.25) is 0 Å². The van der Waals surface area contributed by atoms with E-state index in [1.807, 2.05) is 0 Å². The normalized spacial score (nSPS) is 22.3. The number of halogens is 3. The van der Waals surface area contributed by atoms with Crippen molar-refractivity contribution < 1.29 is 26.7 Å². The van der Waals surface area contributed by atoms with Crippen molar-refractivity contribution in [2.45, 2.75) is 49.6 Å². The molecule has 0 bridgehead atoms. The average molecular weight is 485 g/mol. The average Bonchev–Trinajstić information content (AvgIpc) is 3.46. The third kappa shape index (κ3) is 4.29. The van der Waals surface area contributed by atoms with Gasteiger partial charge in [-0.1, -0.05) is 0 Å². The maximum atomic E-state index is 14.4. The molecule has 2 fully saturated rings. The van der Waals surface area contributed by atoms with Crippen molar-refractivity contribution >= 4 is 21.5 Å². The van der Waals surface area contributed by atoms with E-state index in [9.17, 15) is 26.7 Å². The first-order chi connectivity index (χ1) is 15.7. The second-order valence-electron chi connectivity index (χ2n) is 8.31. The van der Waals surface area contributed by atoms with E-state index in [0.29, 0.717) is 19.3 Å². The van der Waals surface area contributed by atoms with Crippen molar-refractivity contribution in [1.82, 2.24) is 28.5 Å². The van der Waals surface area contributed by atoms with Gasteiger partial charge < -0.3 is 15.0 Å². The van der Waals surface area contributed by atoms with Crippen LogP contribution >= 0.6 is 0 Å². The van der Waals surface area contributed by atoms with E-state index in [1.54, 1.807) is 0 Å². The molecule has 0 aromatic carbocycles. The highest BCUT2D eigenvalue weighted by atomic mass is 32.2. The molecule has 5 rings (SSSR count). The quantitative estimate of drug-likeness (QED) is 0.519. The van der Waals surface area contributed by atoms with Gasteiger partial charge in [-0.25, -0.2) is 36.1 Å². The number of anilines is 1. The maximum absolute atomic E-state index is 14.4. The van der Waals surface area contributed by atoms with Gasteiger partial charge >= 0.3 is 0 Å².